The van der Waals surface area contributed by atoms with E-state index in [2.05, 4.69) is 25.1 Å². The summed E-state index contributed by atoms with van der Waals surface area (Å²) in [4.78, 5) is 12.3. The molecule has 3 nitrogen and oxygen atoms in total. The highest BCUT2D eigenvalue weighted by molar-refractivity contribution is 5.79. The Morgan fingerprint density at radius 1 is 1.09 bits per heavy atom. The second-order valence-electron chi connectivity index (χ2n) is 6.93. The summed E-state index contributed by atoms with van der Waals surface area (Å²) in [7, 11) is 0. The Balaban J connectivity index is 1.97. The van der Waals surface area contributed by atoms with E-state index in [0.717, 1.165) is 28.0 Å². The van der Waals surface area contributed by atoms with Gasteiger partial charge in [0.05, 0.1) is 6.42 Å². The first kappa shape index (κ1) is 15.6. The third kappa shape index (κ3) is 3.24. The van der Waals surface area contributed by atoms with Gasteiger partial charge >= 0.3 is 5.97 Å². The lowest BCUT2D eigenvalue weighted by Crippen LogP contribution is -2.27. The fourth-order valence-corrected chi connectivity index (χ4v) is 3.03. The van der Waals surface area contributed by atoms with Crippen molar-refractivity contribution in [2.24, 2.45) is 0 Å². The van der Waals surface area contributed by atoms with Crippen LogP contribution in [0.25, 0.3) is 11.1 Å². The third-order valence-corrected chi connectivity index (χ3v) is 3.86. The quantitative estimate of drug-likeness (QED) is 0.745. The number of benzene rings is 2. The molecule has 120 valence electrons. The maximum Gasteiger partial charge on any atom is 0.310 e. The second-order valence-corrected chi connectivity index (χ2v) is 6.93. The van der Waals surface area contributed by atoms with Crippen LogP contribution in [0.1, 0.15) is 44.4 Å². The summed E-state index contributed by atoms with van der Waals surface area (Å²) in [5, 5.41) is 0. The minimum Gasteiger partial charge on any atom is -0.484 e. The van der Waals surface area contributed by atoms with E-state index >= 15 is 0 Å². The van der Waals surface area contributed by atoms with E-state index in [1.807, 2.05) is 45.0 Å². The number of esters is 1. The Hall–Kier alpha value is -2.29. The first-order valence-corrected chi connectivity index (χ1v) is 7.92. The molecule has 0 radical (unpaired) electrons. The number of carbonyl (C=O) groups is 1. The van der Waals surface area contributed by atoms with E-state index in [9.17, 15) is 4.79 Å². The fourth-order valence-electron chi connectivity index (χ4n) is 3.03. The topological polar surface area (TPSA) is 35.5 Å². The van der Waals surface area contributed by atoms with Crippen molar-refractivity contribution in [1.82, 2.24) is 0 Å². The lowest BCUT2D eigenvalue weighted by molar-refractivity contribution is -0.156. The third-order valence-electron chi connectivity index (χ3n) is 3.86. The first-order chi connectivity index (χ1) is 10.8. The van der Waals surface area contributed by atoms with Gasteiger partial charge in [0.1, 0.15) is 17.5 Å². The fraction of sp³-hybridized carbons (Fsp3) is 0.350. The molecule has 2 aromatic rings. The van der Waals surface area contributed by atoms with Crippen molar-refractivity contribution in [3.63, 3.8) is 0 Å². The van der Waals surface area contributed by atoms with Crippen molar-refractivity contribution >= 4 is 5.97 Å². The number of para-hydroxylation sites is 1. The maximum absolute atomic E-state index is 12.3. The minimum atomic E-state index is -0.488. The van der Waals surface area contributed by atoms with E-state index < -0.39 is 5.60 Å². The lowest BCUT2D eigenvalue weighted by atomic mass is 9.88. The van der Waals surface area contributed by atoms with Gasteiger partial charge in [-0.05, 0) is 44.9 Å². The van der Waals surface area contributed by atoms with Crippen LogP contribution in [0, 0.1) is 6.92 Å². The van der Waals surface area contributed by atoms with Crippen LogP contribution in [-0.2, 0) is 9.53 Å². The second kappa shape index (κ2) is 5.73. The van der Waals surface area contributed by atoms with Gasteiger partial charge in [0.25, 0.3) is 0 Å². The summed E-state index contributed by atoms with van der Waals surface area (Å²) in [6, 6.07) is 14.1. The van der Waals surface area contributed by atoms with Crippen molar-refractivity contribution in [3.8, 4) is 16.9 Å². The van der Waals surface area contributed by atoms with Crippen LogP contribution in [0.3, 0.4) is 0 Å². The van der Waals surface area contributed by atoms with Gasteiger partial charge in [0.15, 0.2) is 0 Å². The molecule has 0 saturated heterocycles. The highest BCUT2D eigenvalue weighted by atomic mass is 16.6. The zero-order valence-corrected chi connectivity index (χ0v) is 14.1. The molecule has 0 bridgehead atoms. The van der Waals surface area contributed by atoms with E-state index in [1.54, 1.807) is 0 Å². The molecule has 1 heterocycles. The molecule has 0 aromatic heterocycles. The summed E-state index contributed by atoms with van der Waals surface area (Å²) in [5.41, 5.74) is 3.94. The zero-order chi connectivity index (χ0) is 16.6. The first-order valence-electron chi connectivity index (χ1n) is 7.92. The zero-order valence-electron chi connectivity index (χ0n) is 14.1. The van der Waals surface area contributed by atoms with Crippen LogP contribution >= 0.6 is 0 Å². The smallest absolute Gasteiger partial charge is 0.310 e. The Bertz CT molecular complexity index is 741. The normalized spacial score (nSPS) is 16.1. The van der Waals surface area contributed by atoms with E-state index in [-0.39, 0.29) is 18.5 Å². The minimum absolute atomic E-state index is 0.212. The average Bonchev–Trinajstić information content (AvgIpc) is 2.45. The van der Waals surface area contributed by atoms with Gasteiger partial charge < -0.3 is 9.47 Å². The van der Waals surface area contributed by atoms with E-state index in [4.69, 9.17) is 9.47 Å². The monoisotopic (exact) mass is 310 g/mol. The molecule has 1 aliphatic rings. The van der Waals surface area contributed by atoms with Crippen molar-refractivity contribution in [3.05, 3.63) is 53.6 Å². The highest BCUT2D eigenvalue weighted by Crippen LogP contribution is 2.44. The Labute approximate surface area is 137 Å². The van der Waals surface area contributed by atoms with Crippen LogP contribution < -0.4 is 4.74 Å². The van der Waals surface area contributed by atoms with Gasteiger partial charge in [-0.1, -0.05) is 36.4 Å². The molecule has 0 spiro atoms. The van der Waals surface area contributed by atoms with Crippen LogP contribution in [0.4, 0.5) is 0 Å². The molecule has 0 saturated carbocycles. The molecule has 3 rings (SSSR count). The molecule has 3 heteroatoms. The largest absolute Gasteiger partial charge is 0.484 e. The van der Waals surface area contributed by atoms with Gasteiger partial charge in [-0.2, -0.15) is 0 Å². The number of fused-ring (bicyclic) bond motifs is 3. The molecule has 1 aliphatic heterocycles. The Kier molecular flexibility index (Phi) is 3.88. The molecule has 1 atom stereocenters. The van der Waals surface area contributed by atoms with Crippen molar-refractivity contribution < 1.29 is 14.3 Å². The van der Waals surface area contributed by atoms with Crippen LogP contribution in [0.15, 0.2) is 42.5 Å². The summed E-state index contributed by atoms with van der Waals surface area (Å²) in [5.74, 6) is 0.579. The number of ether oxygens (including phenoxy) is 2. The Morgan fingerprint density at radius 2 is 1.78 bits per heavy atom. The van der Waals surface area contributed by atoms with Crippen molar-refractivity contribution in [2.45, 2.75) is 45.8 Å². The van der Waals surface area contributed by atoms with Crippen LogP contribution in [0.5, 0.6) is 5.75 Å². The summed E-state index contributed by atoms with van der Waals surface area (Å²) >= 11 is 0. The number of aryl methyl sites for hydroxylation is 1. The summed E-state index contributed by atoms with van der Waals surface area (Å²) < 4.78 is 11.6. The van der Waals surface area contributed by atoms with Crippen LogP contribution in [0.2, 0.25) is 0 Å². The van der Waals surface area contributed by atoms with Gasteiger partial charge in [0.2, 0.25) is 0 Å². The average molecular weight is 310 g/mol. The van der Waals surface area contributed by atoms with Crippen molar-refractivity contribution in [2.75, 3.05) is 0 Å². The molecular weight excluding hydrogens is 288 g/mol. The molecular formula is C20H22O3. The standard InChI is InChI=1S/C20H22O3/c1-13-8-7-10-15-14-9-5-6-11-16(14)22-17(19(13)15)12-18(21)23-20(2,3)4/h5-11,17H,12H2,1-4H3. The van der Waals surface area contributed by atoms with Crippen molar-refractivity contribution in [1.29, 1.82) is 0 Å². The van der Waals surface area contributed by atoms with Gasteiger partial charge in [-0.25, -0.2) is 0 Å². The summed E-state index contributed by atoms with van der Waals surface area (Å²) in [6.45, 7) is 7.68. The van der Waals surface area contributed by atoms with E-state index in [1.165, 1.54) is 0 Å². The molecule has 0 fully saturated rings. The predicted octanol–water partition coefficient (Wildman–Crippen LogP) is 4.83. The summed E-state index contributed by atoms with van der Waals surface area (Å²) in [6.07, 6.45) is -0.0975. The molecule has 0 N–H and O–H groups in total. The predicted molar refractivity (Wildman–Crippen MR) is 90.4 cm³/mol. The number of rotatable bonds is 2. The van der Waals surface area contributed by atoms with Gasteiger partial charge in [-0.3, -0.25) is 4.79 Å². The van der Waals surface area contributed by atoms with Gasteiger partial charge in [0, 0.05) is 11.1 Å². The number of hydrogen-bond acceptors (Lipinski definition) is 3. The maximum atomic E-state index is 12.3. The number of carbonyl (C=O) groups excluding carboxylic acids is 1. The van der Waals surface area contributed by atoms with E-state index in [0.29, 0.717) is 0 Å². The molecule has 0 amide bonds. The highest BCUT2D eigenvalue weighted by Gasteiger charge is 2.30. The van der Waals surface area contributed by atoms with Gasteiger partial charge in [-0.15, -0.1) is 0 Å². The SMILES string of the molecule is Cc1cccc2c1C(CC(=O)OC(C)(C)C)Oc1ccccc1-2. The molecule has 2 aromatic carbocycles. The molecule has 1 unspecified atom stereocenters. The molecule has 0 aliphatic carbocycles. The lowest BCUT2D eigenvalue weighted by Gasteiger charge is -2.30. The Morgan fingerprint density at radius 3 is 2.52 bits per heavy atom. The number of hydrogen-bond donors (Lipinski definition) is 0. The van der Waals surface area contributed by atoms with Crippen LogP contribution in [-0.4, -0.2) is 11.6 Å². The molecule has 23 heavy (non-hydrogen) atoms.